The van der Waals surface area contributed by atoms with Gasteiger partial charge in [0.2, 0.25) is 10.0 Å². The minimum absolute atomic E-state index is 0.0110. The van der Waals surface area contributed by atoms with Gasteiger partial charge >= 0.3 is 6.18 Å². The first-order chi connectivity index (χ1) is 16.3. The number of hydrogen-bond donors (Lipinski definition) is 1. The fraction of sp³-hybridized carbons (Fsp3) is 0.130. The van der Waals surface area contributed by atoms with Crippen LogP contribution in [-0.4, -0.2) is 23.0 Å². The molecule has 4 aromatic rings. The van der Waals surface area contributed by atoms with Crippen LogP contribution in [0.2, 0.25) is 0 Å². The van der Waals surface area contributed by atoms with E-state index in [0.29, 0.717) is 11.1 Å². The minimum atomic E-state index is -4.54. The average molecular weight is 506 g/mol. The highest BCUT2D eigenvalue weighted by molar-refractivity contribution is 7.89. The third-order valence-electron chi connectivity index (χ3n) is 5.07. The van der Waals surface area contributed by atoms with Crippen molar-refractivity contribution < 1.29 is 30.4 Å². The first kappa shape index (κ1) is 24.3. The Hall–Kier alpha value is -3.82. The molecule has 0 aliphatic carbocycles. The van der Waals surface area contributed by atoms with Gasteiger partial charge in [-0.1, -0.05) is 30.0 Å². The van der Waals surface area contributed by atoms with Crippen LogP contribution in [0.15, 0.2) is 59.6 Å². The summed E-state index contributed by atoms with van der Waals surface area (Å²) in [6.45, 7) is 1.57. The number of hydrogen-bond acceptors (Lipinski definition) is 4. The van der Waals surface area contributed by atoms with E-state index in [2.05, 4.69) is 21.9 Å². The third kappa shape index (κ3) is 5.01. The van der Waals surface area contributed by atoms with Crippen molar-refractivity contribution in [1.82, 2.24) is 14.6 Å². The van der Waals surface area contributed by atoms with Crippen LogP contribution >= 0.6 is 0 Å². The Morgan fingerprint density at radius 1 is 1.03 bits per heavy atom. The highest BCUT2D eigenvalue weighted by atomic mass is 32.2. The van der Waals surface area contributed by atoms with Crippen molar-refractivity contribution in [2.45, 2.75) is 24.4 Å². The van der Waals surface area contributed by atoms with E-state index in [9.17, 15) is 30.4 Å². The molecule has 0 aliphatic rings. The van der Waals surface area contributed by atoms with Crippen molar-refractivity contribution in [3.05, 3.63) is 82.7 Å². The normalized spacial score (nSPS) is 12.1. The smallest absolute Gasteiger partial charge is 0.227 e. The zero-order valence-electron chi connectivity index (χ0n) is 17.8. The quantitative estimate of drug-likeness (QED) is 0.322. The standard InChI is InChI=1S/C23H15F5N4O2S/c1-13-2-3-14(10-20(13)35(29,33)34)4-5-16-12-30-32-19(21(24)25)11-18(31-22(16)32)15-6-8-17(9-7-15)23(26,27)28/h2-3,6-12,21H,1H3,(H2,29,33,34). The average Bonchev–Trinajstić information content (AvgIpc) is 3.19. The summed E-state index contributed by atoms with van der Waals surface area (Å²) in [6, 6.07) is 9.36. The zero-order valence-corrected chi connectivity index (χ0v) is 18.6. The molecule has 180 valence electrons. The molecule has 35 heavy (non-hydrogen) atoms. The number of aromatic nitrogens is 3. The number of halogens is 5. The lowest BCUT2D eigenvalue weighted by molar-refractivity contribution is -0.137. The van der Waals surface area contributed by atoms with Gasteiger partial charge in [0.25, 0.3) is 6.43 Å². The van der Waals surface area contributed by atoms with Gasteiger partial charge in [0.15, 0.2) is 5.65 Å². The van der Waals surface area contributed by atoms with Gasteiger partial charge in [-0.2, -0.15) is 18.3 Å². The van der Waals surface area contributed by atoms with Crippen LogP contribution in [-0.2, 0) is 16.2 Å². The lowest BCUT2D eigenvalue weighted by Crippen LogP contribution is -2.13. The van der Waals surface area contributed by atoms with Gasteiger partial charge in [-0.05, 0) is 42.8 Å². The second-order valence-electron chi connectivity index (χ2n) is 7.51. The van der Waals surface area contributed by atoms with Crippen LogP contribution in [0.4, 0.5) is 22.0 Å². The Bertz CT molecular complexity index is 1600. The summed E-state index contributed by atoms with van der Waals surface area (Å²) < 4.78 is 90.4. The molecule has 2 N–H and O–H groups in total. The van der Waals surface area contributed by atoms with E-state index in [1.807, 2.05) is 0 Å². The zero-order chi connectivity index (χ0) is 25.5. The van der Waals surface area contributed by atoms with Crippen molar-refractivity contribution in [2.24, 2.45) is 5.14 Å². The summed E-state index contributed by atoms with van der Waals surface area (Å²) in [5.74, 6) is 5.47. The molecule has 0 atom stereocenters. The van der Waals surface area contributed by atoms with E-state index in [1.165, 1.54) is 18.3 Å². The van der Waals surface area contributed by atoms with Crippen molar-refractivity contribution in [3.63, 3.8) is 0 Å². The molecule has 0 amide bonds. The van der Waals surface area contributed by atoms with E-state index < -0.39 is 33.9 Å². The highest BCUT2D eigenvalue weighted by Gasteiger charge is 2.30. The summed E-state index contributed by atoms with van der Waals surface area (Å²) in [6.07, 6.45) is -6.28. The number of fused-ring (bicyclic) bond motifs is 1. The molecule has 0 bridgehead atoms. The van der Waals surface area contributed by atoms with Gasteiger partial charge < -0.3 is 0 Å². The number of nitrogens with two attached hydrogens (primary N) is 1. The largest absolute Gasteiger partial charge is 0.416 e. The second-order valence-corrected chi connectivity index (χ2v) is 9.04. The Morgan fingerprint density at radius 3 is 2.31 bits per heavy atom. The first-order valence-corrected chi connectivity index (χ1v) is 11.4. The molecular formula is C23H15F5N4O2S. The molecule has 0 spiro atoms. The Kier molecular flexibility index (Phi) is 6.08. The Balaban J connectivity index is 1.82. The summed E-state index contributed by atoms with van der Waals surface area (Å²) in [4.78, 5) is 4.19. The lowest BCUT2D eigenvalue weighted by atomic mass is 10.1. The molecule has 0 aliphatic heterocycles. The summed E-state index contributed by atoms with van der Waals surface area (Å²) >= 11 is 0. The third-order valence-corrected chi connectivity index (χ3v) is 6.12. The number of nitrogens with zero attached hydrogens (tertiary/aromatic N) is 3. The molecule has 6 nitrogen and oxygen atoms in total. The van der Waals surface area contributed by atoms with Crippen molar-refractivity contribution in [2.75, 3.05) is 0 Å². The maximum absolute atomic E-state index is 13.7. The molecule has 0 saturated heterocycles. The maximum atomic E-state index is 13.7. The number of aryl methyl sites for hydroxylation is 1. The van der Waals surface area contributed by atoms with Crippen LogP contribution in [0.1, 0.15) is 34.4 Å². The fourth-order valence-corrected chi connectivity index (χ4v) is 4.14. The van der Waals surface area contributed by atoms with E-state index in [-0.39, 0.29) is 27.4 Å². The fourth-order valence-electron chi connectivity index (χ4n) is 3.33. The van der Waals surface area contributed by atoms with Crippen LogP contribution in [0.25, 0.3) is 16.9 Å². The van der Waals surface area contributed by atoms with Crippen molar-refractivity contribution >= 4 is 15.7 Å². The number of sulfonamides is 1. The van der Waals surface area contributed by atoms with E-state index in [1.54, 1.807) is 13.0 Å². The van der Waals surface area contributed by atoms with Gasteiger partial charge in [-0.3, -0.25) is 0 Å². The van der Waals surface area contributed by atoms with Crippen molar-refractivity contribution in [3.8, 4) is 23.1 Å². The van der Waals surface area contributed by atoms with E-state index in [0.717, 1.165) is 34.8 Å². The molecule has 4 rings (SSSR count). The number of benzene rings is 2. The maximum Gasteiger partial charge on any atom is 0.416 e. The van der Waals surface area contributed by atoms with Gasteiger partial charge in [0, 0.05) is 11.1 Å². The summed E-state index contributed by atoms with van der Waals surface area (Å²) in [5, 5.41) is 9.12. The lowest BCUT2D eigenvalue weighted by Gasteiger charge is -2.10. The highest BCUT2D eigenvalue weighted by Crippen LogP contribution is 2.32. The van der Waals surface area contributed by atoms with Crippen LogP contribution in [0, 0.1) is 18.8 Å². The second kappa shape index (κ2) is 8.75. The summed E-state index contributed by atoms with van der Waals surface area (Å²) in [7, 11) is -3.98. The van der Waals surface area contributed by atoms with Crippen LogP contribution in [0.5, 0.6) is 0 Å². The molecule has 0 fully saturated rings. The molecule has 0 radical (unpaired) electrons. The monoisotopic (exact) mass is 506 g/mol. The van der Waals surface area contributed by atoms with Gasteiger partial charge in [-0.15, -0.1) is 0 Å². The van der Waals surface area contributed by atoms with E-state index >= 15 is 0 Å². The Morgan fingerprint density at radius 2 is 1.71 bits per heavy atom. The first-order valence-electron chi connectivity index (χ1n) is 9.84. The van der Waals surface area contributed by atoms with Crippen LogP contribution in [0.3, 0.4) is 0 Å². The molecule has 2 aromatic heterocycles. The minimum Gasteiger partial charge on any atom is -0.227 e. The number of alkyl halides is 5. The molecule has 12 heteroatoms. The predicted octanol–water partition coefficient (Wildman–Crippen LogP) is 4.71. The van der Waals surface area contributed by atoms with Gasteiger partial charge in [0.1, 0.15) is 5.69 Å². The molecule has 2 aromatic carbocycles. The molecule has 0 saturated carbocycles. The van der Waals surface area contributed by atoms with Gasteiger partial charge in [0.05, 0.1) is 27.9 Å². The molecule has 2 heterocycles. The Labute approximate surface area is 196 Å². The molecular weight excluding hydrogens is 491 g/mol. The van der Waals surface area contributed by atoms with Crippen molar-refractivity contribution in [1.29, 1.82) is 0 Å². The van der Waals surface area contributed by atoms with E-state index in [4.69, 9.17) is 5.14 Å². The van der Waals surface area contributed by atoms with Crippen LogP contribution < -0.4 is 5.14 Å². The van der Waals surface area contributed by atoms with Gasteiger partial charge in [-0.25, -0.2) is 31.8 Å². The topological polar surface area (TPSA) is 90.3 Å². The summed E-state index contributed by atoms with van der Waals surface area (Å²) in [5.41, 5.74) is -0.363. The molecule has 0 unspecified atom stereocenters. The number of primary sulfonamides is 1. The SMILES string of the molecule is Cc1ccc(C#Cc2cnn3c(C(F)F)cc(-c4ccc(C(F)(F)F)cc4)nc23)cc1S(N)(=O)=O. The predicted molar refractivity (Wildman–Crippen MR) is 117 cm³/mol. The number of rotatable bonds is 3.